The number of rotatable bonds is 4. The van der Waals surface area contributed by atoms with Gasteiger partial charge in [-0.2, -0.15) is 0 Å². The summed E-state index contributed by atoms with van der Waals surface area (Å²) >= 11 is 0. The summed E-state index contributed by atoms with van der Waals surface area (Å²) in [4.78, 5) is 0. The van der Waals surface area contributed by atoms with E-state index in [1.54, 1.807) is 13.4 Å². The van der Waals surface area contributed by atoms with Gasteiger partial charge in [-0.1, -0.05) is 33.7 Å². The van der Waals surface area contributed by atoms with Crippen LogP contribution >= 0.6 is 7.92 Å². The van der Waals surface area contributed by atoms with E-state index >= 15 is 0 Å². The summed E-state index contributed by atoms with van der Waals surface area (Å²) in [5.41, 5.74) is 0.775. The zero-order chi connectivity index (χ0) is 8.69. The smallest absolute Gasteiger partial charge is 0.0824 e. The molecule has 0 radical (unpaired) electrons. The fourth-order valence-electron chi connectivity index (χ4n) is 0.482. The Morgan fingerprint density at radius 1 is 1.27 bits per heavy atom. The van der Waals surface area contributed by atoms with Crippen LogP contribution in [0.4, 0.5) is 0 Å². The molecule has 64 valence electrons. The third kappa shape index (κ3) is 6.12. The predicted molar refractivity (Wildman–Crippen MR) is 53.3 cm³/mol. The second-order valence-electron chi connectivity index (χ2n) is 2.66. The number of ether oxygens (including phenoxy) is 1. The Labute approximate surface area is 70.9 Å². The highest BCUT2D eigenvalue weighted by Crippen LogP contribution is 2.37. The fourth-order valence-corrected chi connectivity index (χ4v) is 1.20. The minimum Gasteiger partial charge on any atom is -0.504 e. The van der Waals surface area contributed by atoms with Gasteiger partial charge in [0.05, 0.1) is 13.4 Å². The second kappa shape index (κ2) is 6.42. The van der Waals surface area contributed by atoms with E-state index in [2.05, 4.69) is 32.4 Å². The van der Waals surface area contributed by atoms with Crippen LogP contribution in [-0.4, -0.2) is 19.4 Å². The van der Waals surface area contributed by atoms with E-state index in [4.69, 9.17) is 4.74 Å². The molecule has 0 saturated carbocycles. The summed E-state index contributed by atoms with van der Waals surface area (Å²) in [6, 6.07) is 0. The van der Waals surface area contributed by atoms with Crippen molar-refractivity contribution in [1.82, 2.24) is 0 Å². The van der Waals surface area contributed by atoms with Crippen LogP contribution in [-0.2, 0) is 4.74 Å². The average molecular weight is 172 g/mol. The first kappa shape index (κ1) is 10.7. The monoisotopic (exact) mass is 172 g/mol. The molecule has 0 aliphatic rings. The number of allylic oxidation sites excluding steroid dienone is 2. The summed E-state index contributed by atoms with van der Waals surface area (Å²) in [7, 11) is 1.71. The Balaban J connectivity index is 3.64. The lowest BCUT2D eigenvalue weighted by molar-refractivity contribution is 0.338. The number of hydrogen-bond donors (Lipinski definition) is 0. The zero-order valence-electron chi connectivity index (χ0n) is 7.74. The lowest BCUT2D eigenvalue weighted by Gasteiger charge is -2.09. The predicted octanol–water partition coefficient (Wildman–Crippen LogP) is 3.18. The van der Waals surface area contributed by atoms with Crippen LogP contribution < -0.4 is 0 Å². The maximum Gasteiger partial charge on any atom is 0.0824 e. The molecule has 0 saturated heterocycles. The standard InChI is InChI=1S/C9H17OP/c1-9(2)11(4)8-6-5-7-10-3/h5-9H,1-4H3/b7-5-,8-6+. The lowest BCUT2D eigenvalue weighted by atomic mass is 10.6. The van der Waals surface area contributed by atoms with E-state index in [0.29, 0.717) is 0 Å². The van der Waals surface area contributed by atoms with Crippen molar-refractivity contribution in [3.63, 3.8) is 0 Å². The molecule has 0 aromatic heterocycles. The van der Waals surface area contributed by atoms with Crippen LogP contribution in [0.15, 0.2) is 24.2 Å². The molecule has 11 heavy (non-hydrogen) atoms. The highest BCUT2D eigenvalue weighted by Gasteiger charge is 1.98. The van der Waals surface area contributed by atoms with Crippen LogP contribution in [0.5, 0.6) is 0 Å². The first-order valence-corrected chi connectivity index (χ1v) is 5.69. The van der Waals surface area contributed by atoms with Gasteiger partial charge in [0.2, 0.25) is 0 Å². The van der Waals surface area contributed by atoms with Crippen LogP contribution in [0.25, 0.3) is 0 Å². The van der Waals surface area contributed by atoms with Gasteiger partial charge in [-0.05, 0) is 18.4 Å². The van der Waals surface area contributed by atoms with Crippen LogP contribution in [0, 0.1) is 0 Å². The maximum atomic E-state index is 4.76. The Bertz CT molecular complexity index is 138. The van der Waals surface area contributed by atoms with Gasteiger partial charge in [0.1, 0.15) is 0 Å². The largest absolute Gasteiger partial charge is 0.504 e. The van der Waals surface area contributed by atoms with Crippen molar-refractivity contribution >= 4 is 7.92 Å². The van der Waals surface area contributed by atoms with Crippen molar-refractivity contribution in [2.45, 2.75) is 19.5 Å². The van der Waals surface area contributed by atoms with E-state index in [1.165, 1.54) is 0 Å². The van der Waals surface area contributed by atoms with E-state index < -0.39 is 0 Å². The van der Waals surface area contributed by atoms with Crippen molar-refractivity contribution in [3.05, 3.63) is 24.2 Å². The highest BCUT2D eigenvalue weighted by atomic mass is 31.1. The SMILES string of the molecule is CO/C=C\C=C\P(C)C(C)C. The van der Waals surface area contributed by atoms with Crippen molar-refractivity contribution in [1.29, 1.82) is 0 Å². The molecule has 0 aromatic carbocycles. The van der Waals surface area contributed by atoms with Crippen molar-refractivity contribution in [2.24, 2.45) is 0 Å². The molecule has 0 heterocycles. The molecule has 0 aliphatic carbocycles. The minimum atomic E-state index is 0.0565. The quantitative estimate of drug-likeness (QED) is 0.359. The molecule has 0 bridgehead atoms. The third-order valence-corrected chi connectivity index (χ3v) is 3.73. The third-order valence-electron chi connectivity index (χ3n) is 1.46. The Hall–Kier alpha value is -0.290. The molecule has 0 rings (SSSR count). The fraction of sp³-hybridized carbons (Fsp3) is 0.556. The lowest BCUT2D eigenvalue weighted by Crippen LogP contribution is -1.86. The molecular formula is C9H17OP. The molecule has 0 spiro atoms. The van der Waals surface area contributed by atoms with E-state index in [9.17, 15) is 0 Å². The van der Waals surface area contributed by atoms with Gasteiger partial charge in [-0.3, -0.25) is 0 Å². The Kier molecular flexibility index (Phi) is 6.25. The van der Waals surface area contributed by atoms with Crippen LogP contribution in [0.2, 0.25) is 0 Å². The van der Waals surface area contributed by atoms with Gasteiger partial charge in [-0.15, -0.1) is 0 Å². The molecule has 0 fully saturated rings. The molecular weight excluding hydrogens is 155 g/mol. The molecule has 0 aliphatic heterocycles. The van der Waals surface area contributed by atoms with Gasteiger partial charge >= 0.3 is 0 Å². The topological polar surface area (TPSA) is 9.23 Å². The number of methoxy groups -OCH3 is 1. The van der Waals surface area contributed by atoms with Crippen LogP contribution in [0.3, 0.4) is 0 Å². The van der Waals surface area contributed by atoms with Crippen molar-refractivity contribution < 1.29 is 4.74 Å². The van der Waals surface area contributed by atoms with E-state index in [1.807, 2.05) is 6.08 Å². The highest BCUT2D eigenvalue weighted by molar-refractivity contribution is 7.60. The zero-order valence-corrected chi connectivity index (χ0v) is 8.64. The van der Waals surface area contributed by atoms with E-state index in [-0.39, 0.29) is 7.92 Å². The number of hydrogen-bond acceptors (Lipinski definition) is 1. The molecule has 1 atom stereocenters. The summed E-state index contributed by atoms with van der Waals surface area (Å²) in [6.45, 7) is 6.77. The first-order valence-electron chi connectivity index (χ1n) is 3.76. The molecule has 1 nitrogen and oxygen atoms in total. The summed E-state index contributed by atoms with van der Waals surface area (Å²) in [6.07, 6.45) is 5.65. The van der Waals surface area contributed by atoms with Gasteiger partial charge in [0.15, 0.2) is 0 Å². The Morgan fingerprint density at radius 3 is 2.36 bits per heavy atom. The summed E-state index contributed by atoms with van der Waals surface area (Å²) in [5, 5.41) is 0. The summed E-state index contributed by atoms with van der Waals surface area (Å²) in [5.74, 6) is 2.25. The molecule has 0 aromatic rings. The van der Waals surface area contributed by atoms with E-state index in [0.717, 1.165) is 5.66 Å². The Morgan fingerprint density at radius 2 is 1.91 bits per heavy atom. The molecule has 1 unspecified atom stereocenters. The average Bonchev–Trinajstić information content (AvgIpc) is 1.97. The maximum absolute atomic E-state index is 4.76. The summed E-state index contributed by atoms with van der Waals surface area (Å²) < 4.78 is 4.76. The van der Waals surface area contributed by atoms with Gasteiger partial charge < -0.3 is 4.74 Å². The normalized spacial score (nSPS) is 15.0. The molecule has 0 N–H and O–H groups in total. The molecule has 0 amide bonds. The van der Waals surface area contributed by atoms with Crippen molar-refractivity contribution in [2.75, 3.05) is 13.8 Å². The van der Waals surface area contributed by atoms with Crippen molar-refractivity contribution in [3.8, 4) is 0 Å². The first-order chi connectivity index (χ1) is 5.18. The molecule has 2 heteroatoms. The van der Waals surface area contributed by atoms with Gasteiger partial charge in [0, 0.05) is 0 Å². The van der Waals surface area contributed by atoms with Crippen LogP contribution in [0.1, 0.15) is 13.8 Å². The minimum absolute atomic E-state index is 0.0565. The van der Waals surface area contributed by atoms with Gasteiger partial charge in [0.25, 0.3) is 0 Å². The second-order valence-corrected chi connectivity index (χ2v) is 5.33. The van der Waals surface area contributed by atoms with Gasteiger partial charge in [-0.25, -0.2) is 0 Å².